The Morgan fingerprint density at radius 1 is 1.00 bits per heavy atom. The van der Waals surface area contributed by atoms with Crippen molar-refractivity contribution in [1.82, 2.24) is 29.3 Å². The Morgan fingerprint density at radius 2 is 1.62 bits per heavy atom. The molecule has 0 aliphatic heterocycles. The van der Waals surface area contributed by atoms with E-state index in [4.69, 9.17) is 0 Å². The maximum absolute atomic E-state index is 14.7. The minimum atomic E-state index is -7.30. The molecule has 3 aromatic rings. The van der Waals surface area contributed by atoms with Crippen LogP contribution in [0.4, 0.5) is 43.9 Å². The van der Waals surface area contributed by atoms with Crippen LogP contribution in [0.3, 0.4) is 0 Å². The fourth-order valence-electron chi connectivity index (χ4n) is 3.07. The fourth-order valence-corrected chi connectivity index (χ4v) is 4.09. The molecule has 0 aromatic carbocycles. The molecule has 0 aliphatic rings. The molecule has 0 radical (unpaired) electrons. The van der Waals surface area contributed by atoms with Crippen LogP contribution in [0, 0.1) is 0 Å². The Hall–Kier alpha value is -3.25. The lowest BCUT2D eigenvalue weighted by molar-refractivity contribution is -0.403. The van der Waals surface area contributed by atoms with Crippen molar-refractivity contribution in [2.75, 3.05) is 5.75 Å². The zero-order valence-corrected chi connectivity index (χ0v) is 19.2. The molecule has 204 valence electrons. The van der Waals surface area contributed by atoms with Crippen LogP contribution < -0.4 is 0 Å². The van der Waals surface area contributed by atoms with Crippen LogP contribution in [-0.2, 0) is 16.9 Å². The lowest BCUT2D eigenvalue weighted by Gasteiger charge is -2.35. The van der Waals surface area contributed by atoms with E-state index < -0.39 is 67.8 Å². The molecule has 3 aromatic heterocycles. The highest BCUT2D eigenvalue weighted by molar-refractivity contribution is 7.91. The molecule has 3 rings (SSSR count). The lowest BCUT2D eigenvalue weighted by Crippen LogP contribution is -2.62. The number of hydrogen-bond donors (Lipinski definition) is 0. The molecule has 3 heterocycles. The highest BCUT2D eigenvalue weighted by Crippen LogP contribution is 2.57. The van der Waals surface area contributed by atoms with Gasteiger partial charge >= 0.3 is 23.9 Å². The molecule has 0 saturated heterocycles. The molecule has 0 aliphatic carbocycles. The van der Waals surface area contributed by atoms with E-state index in [1.165, 1.54) is 6.92 Å². The second kappa shape index (κ2) is 8.95. The second-order valence-corrected chi connectivity index (χ2v) is 9.70. The smallest absolute Gasteiger partial charge is 0.327 e. The van der Waals surface area contributed by atoms with E-state index in [2.05, 4.69) is 20.1 Å². The average Bonchev–Trinajstić information content (AvgIpc) is 3.47. The molecule has 0 fully saturated rings. The first-order valence-corrected chi connectivity index (χ1v) is 11.4. The predicted molar refractivity (Wildman–Crippen MR) is 104 cm³/mol. The van der Waals surface area contributed by atoms with Crippen molar-refractivity contribution in [2.24, 2.45) is 7.05 Å². The van der Waals surface area contributed by atoms with E-state index >= 15 is 0 Å². The summed E-state index contributed by atoms with van der Waals surface area (Å²) >= 11 is 0. The first-order valence-electron chi connectivity index (χ1n) is 9.76. The summed E-state index contributed by atoms with van der Waals surface area (Å²) in [4.78, 5) is 10.6. The largest absolute Gasteiger partial charge is 0.460 e. The van der Waals surface area contributed by atoms with Crippen LogP contribution >= 0.6 is 0 Å². The third-order valence-electron chi connectivity index (χ3n) is 5.19. The molecule has 0 spiro atoms. The molecule has 19 heteroatoms. The number of alkyl halides is 10. The summed E-state index contributed by atoms with van der Waals surface area (Å²) in [5, 5.41) is 3.75. The Bertz CT molecular complexity index is 1390. The van der Waals surface area contributed by atoms with E-state index in [0.29, 0.717) is 7.05 Å². The van der Waals surface area contributed by atoms with Crippen LogP contribution in [-0.4, -0.2) is 67.4 Å². The van der Waals surface area contributed by atoms with Crippen LogP contribution in [0.15, 0.2) is 35.9 Å². The minimum absolute atomic E-state index is 0.106. The maximum Gasteiger partial charge on any atom is 0.460 e. The number of sulfone groups is 1. The SMILES string of the molecule is CCS(=O)(=O)c1ccc(-n2cncn2)nc1-c1ncc([C@@H](F)C(F)(F)C(F)(F)C(F)(F)C(F)(F)F)n1C. The van der Waals surface area contributed by atoms with Gasteiger partial charge in [0.15, 0.2) is 21.5 Å². The summed E-state index contributed by atoms with van der Waals surface area (Å²) in [6, 6.07) is 2.17. The standard InChI is InChI=1S/C18H14F10N6O2S/c1-3-37(35,36)10-4-5-11(34-8-29-7-31-34)32-12(10)14-30-6-9(33(14)2)13(19)15(20,21)16(22,23)17(24,25)18(26,27)28/h4-8,13H,3H2,1-2H3/t13-/m1/s1. The molecule has 37 heavy (non-hydrogen) atoms. The normalized spacial score (nSPS) is 14.7. The van der Waals surface area contributed by atoms with Gasteiger partial charge in [0.2, 0.25) is 6.17 Å². The zero-order chi connectivity index (χ0) is 28.2. The zero-order valence-electron chi connectivity index (χ0n) is 18.4. The number of nitrogens with zero attached hydrogens (tertiary/aromatic N) is 6. The van der Waals surface area contributed by atoms with Crippen molar-refractivity contribution in [1.29, 1.82) is 0 Å². The topological polar surface area (TPSA) is 95.6 Å². The second-order valence-electron chi connectivity index (χ2n) is 7.46. The molecule has 0 amide bonds. The quantitative estimate of drug-likeness (QED) is 0.376. The van der Waals surface area contributed by atoms with Gasteiger partial charge in [0, 0.05) is 7.05 Å². The molecular weight excluding hydrogens is 554 g/mol. The van der Waals surface area contributed by atoms with Crippen molar-refractivity contribution in [2.45, 2.75) is 41.9 Å². The number of aromatic nitrogens is 6. The van der Waals surface area contributed by atoms with Gasteiger partial charge in [-0.1, -0.05) is 6.92 Å². The van der Waals surface area contributed by atoms with Crippen LogP contribution in [0.1, 0.15) is 18.8 Å². The van der Waals surface area contributed by atoms with E-state index in [1.54, 1.807) is 0 Å². The summed E-state index contributed by atoms with van der Waals surface area (Å²) in [6.07, 6.45) is -9.21. The van der Waals surface area contributed by atoms with Gasteiger partial charge in [-0.2, -0.15) is 44.6 Å². The van der Waals surface area contributed by atoms with E-state index in [1.807, 2.05) is 0 Å². The summed E-state index contributed by atoms with van der Waals surface area (Å²) in [5.41, 5.74) is -2.17. The van der Waals surface area contributed by atoms with Crippen molar-refractivity contribution >= 4 is 9.84 Å². The minimum Gasteiger partial charge on any atom is -0.327 e. The lowest BCUT2D eigenvalue weighted by atomic mass is 9.98. The summed E-state index contributed by atoms with van der Waals surface area (Å²) in [6.45, 7) is 1.23. The fraction of sp³-hybridized carbons (Fsp3) is 0.444. The van der Waals surface area contributed by atoms with Gasteiger partial charge in [0.1, 0.15) is 18.3 Å². The molecule has 1 atom stereocenters. The van der Waals surface area contributed by atoms with Crippen molar-refractivity contribution in [3.05, 3.63) is 36.7 Å². The molecule has 0 N–H and O–H groups in total. The van der Waals surface area contributed by atoms with E-state index in [-0.39, 0.29) is 16.6 Å². The summed E-state index contributed by atoms with van der Waals surface area (Å²) in [7, 11) is -3.41. The molecule has 0 bridgehead atoms. The van der Waals surface area contributed by atoms with Gasteiger partial charge in [-0.05, 0) is 12.1 Å². The molecule has 0 unspecified atom stereocenters. The number of halogens is 10. The third-order valence-corrected chi connectivity index (χ3v) is 6.95. The van der Waals surface area contributed by atoms with Gasteiger partial charge in [-0.15, -0.1) is 0 Å². The first-order chi connectivity index (χ1) is 16.8. The summed E-state index contributed by atoms with van der Waals surface area (Å²) < 4.78 is 161. The average molecular weight is 568 g/mol. The van der Waals surface area contributed by atoms with Gasteiger partial charge in [0.05, 0.1) is 22.5 Å². The summed E-state index contributed by atoms with van der Waals surface area (Å²) in [5.74, 6) is -22.4. The van der Waals surface area contributed by atoms with Crippen LogP contribution in [0.2, 0.25) is 0 Å². The predicted octanol–water partition coefficient (Wildman–Crippen LogP) is 4.34. The van der Waals surface area contributed by atoms with E-state index in [9.17, 15) is 52.3 Å². The Labute approximate surface area is 200 Å². The van der Waals surface area contributed by atoms with Crippen molar-refractivity contribution in [3.8, 4) is 17.3 Å². The molecular formula is C18H14F10N6O2S. The van der Waals surface area contributed by atoms with Gasteiger partial charge in [-0.25, -0.2) is 32.4 Å². The van der Waals surface area contributed by atoms with Crippen LogP contribution in [0.25, 0.3) is 17.3 Å². The van der Waals surface area contributed by atoms with Crippen molar-refractivity contribution in [3.63, 3.8) is 0 Å². The van der Waals surface area contributed by atoms with E-state index in [0.717, 1.165) is 29.5 Å². The highest BCUT2D eigenvalue weighted by Gasteiger charge is 2.83. The Balaban J connectivity index is 2.17. The van der Waals surface area contributed by atoms with Gasteiger partial charge in [-0.3, -0.25) is 0 Å². The number of hydrogen-bond acceptors (Lipinski definition) is 6. The Kier molecular flexibility index (Phi) is 6.85. The maximum atomic E-state index is 14.7. The number of rotatable bonds is 8. The highest BCUT2D eigenvalue weighted by atomic mass is 32.2. The monoisotopic (exact) mass is 568 g/mol. The van der Waals surface area contributed by atoms with Crippen molar-refractivity contribution < 1.29 is 52.3 Å². The number of imidazole rings is 1. The van der Waals surface area contributed by atoms with Gasteiger partial charge in [0.25, 0.3) is 0 Å². The van der Waals surface area contributed by atoms with Crippen LogP contribution in [0.5, 0.6) is 0 Å². The Morgan fingerprint density at radius 3 is 2.14 bits per heavy atom. The molecule has 0 saturated carbocycles. The third kappa shape index (κ3) is 4.42. The molecule has 8 nitrogen and oxygen atoms in total. The number of pyridine rings is 1. The first kappa shape index (κ1) is 28.3. The van der Waals surface area contributed by atoms with Gasteiger partial charge < -0.3 is 4.57 Å².